The van der Waals surface area contributed by atoms with Gasteiger partial charge in [0.15, 0.2) is 5.78 Å². The van der Waals surface area contributed by atoms with Gasteiger partial charge >= 0.3 is 5.97 Å². The lowest BCUT2D eigenvalue weighted by Crippen LogP contribution is -2.63. The summed E-state index contributed by atoms with van der Waals surface area (Å²) in [6, 6.07) is 8.17. The molecule has 1 aromatic rings. The molecule has 2 saturated heterocycles. The first-order valence-corrected chi connectivity index (χ1v) is 8.61. The Bertz CT molecular complexity index is 675. The van der Waals surface area contributed by atoms with E-state index in [1.807, 2.05) is 32.0 Å². The lowest BCUT2D eigenvalue weighted by molar-refractivity contribution is -0.164. The largest absolute Gasteiger partial charge is 0.486 e. The number of rotatable bonds is 6. The van der Waals surface area contributed by atoms with Gasteiger partial charge in [0.25, 0.3) is 0 Å². The third kappa shape index (κ3) is 2.88. The van der Waals surface area contributed by atoms with Crippen LogP contribution < -0.4 is 4.74 Å². The number of carbonyl (C=O) groups excluding carboxylic acids is 2. The lowest BCUT2D eigenvalue weighted by Gasteiger charge is -2.43. The van der Waals surface area contributed by atoms with Crippen molar-refractivity contribution in [2.45, 2.75) is 36.4 Å². The quantitative estimate of drug-likeness (QED) is 0.788. The second kappa shape index (κ2) is 6.12. The summed E-state index contributed by atoms with van der Waals surface area (Å²) >= 11 is 1.45. The van der Waals surface area contributed by atoms with Gasteiger partial charge in [-0.05, 0) is 26.0 Å². The number of carboxylic acid groups (broad SMARTS) is 1. The van der Waals surface area contributed by atoms with E-state index in [1.165, 1.54) is 16.7 Å². The average Bonchev–Trinajstić information content (AvgIpc) is 2.80. The highest BCUT2D eigenvalue weighted by Gasteiger charge is 2.63. The van der Waals surface area contributed by atoms with Gasteiger partial charge in [-0.15, -0.1) is 11.8 Å². The van der Waals surface area contributed by atoms with Crippen LogP contribution in [-0.4, -0.2) is 50.4 Å². The maximum atomic E-state index is 12.3. The maximum Gasteiger partial charge on any atom is 0.327 e. The van der Waals surface area contributed by atoms with E-state index in [0.29, 0.717) is 5.75 Å². The average molecular weight is 349 g/mol. The molecule has 1 N–H and O–H groups in total. The fraction of sp³-hybridized carbons (Fsp3) is 0.471. The Morgan fingerprint density at radius 2 is 1.96 bits per heavy atom. The summed E-state index contributed by atoms with van der Waals surface area (Å²) in [4.78, 5) is 37.3. The van der Waals surface area contributed by atoms with E-state index < -0.39 is 22.7 Å². The number of hydrogen-bond donors (Lipinski definition) is 1. The molecule has 24 heavy (non-hydrogen) atoms. The number of β-lactam (4-membered cyclic amide) rings is 1. The number of benzene rings is 1. The molecule has 1 amide bonds. The van der Waals surface area contributed by atoms with Crippen molar-refractivity contribution >= 4 is 29.4 Å². The second-order valence-electron chi connectivity index (χ2n) is 6.55. The molecule has 3 atom stereocenters. The van der Waals surface area contributed by atoms with Crippen LogP contribution in [0.25, 0.3) is 0 Å². The van der Waals surface area contributed by atoms with Crippen molar-refractivity contribution in [2.75, 3.05) is 6.61 Å². The minimum absolute atomic E-state index is 0.0856. The van der Waals surface area contributed by atoms with Crippen LogP contribution in [0.2, 0.25) is 0 Å². The van der Waals surface area contributed by atoms with Gasteiger partial charge in [-0.1, -0.05) is 18.2 Å². The van der Waals surface area contributed by atoms with E-state index in [0.717, 1.165) is 0 Å². The molecule has 2 aliphatic heterocycles. The number of ether oxygens (including phenoxy) is 1. The highest BCUT2D eigenvalue weighted by atomic mass is 32.2. The number of thioether (sulfide) groups is 1. The molecule has 0 saturated carbocycles. The number of nitrogens with zero attached hydrogens (tertiary/aromatic N) is 1. The van der Waals surface area contributed by atoms with Gasteiger partial charge in [-0.2, -0.15) is 0 Å². The minimum atomic E-state index is -1.000. The van der Waals surface area contributed by atoms with Gasteiger partial charge in [-0.25, -0.2) is 4.79 Å². The topological polar surface area (TPSA) is 83.9 Å². The van der Waals surface area contributed by atoms with Crippen molar-refractivity contribution in [3.8, 4) is 5.75 Å². The molecule has 2 fully saturated rings. The summed E-state index contributed by atoms with van der Waals surface area (Å²) in [5, 5.41) is 9.13. The zero-order valence-corrected chi connectivity index (χ0v) is 14.3. The van der Waals surface area contributed by atoms with Crippen molar-refractivity contribution < 1.29 is 24.2 Å². The molecule has 0 aromatic heterocycles. The predicted octanol–water partition coefficient (Wildman–Crippen LogP) is 1.79. The number of carboxylic acids is 1. The Hall–Kier alpha value is -2.02. The predicted molar refractivity (Wildman–Crippen MR) is 88.8 cm³/mol. The van der Waals surface area contributed by atoms with Crippen LogP contribution in [0.15, 0.2) is 30.3 Å². The third-order valence-electron chi connectivity index (χ3n) is 4.38. The maximum absolute atomic E-state index is 12.3. The Morgan fingerprint density at radius 3 is 2.58 bits per heavy atom. The molecule has 0 bridgehead atoms. The standard InChI is InChI=1S/C17H19NO5S/c1-17(2)13(16(21)22)18-14(20)12(15(18)24-17)8-10(19)9-23-11-6-4-3-5-7-11/h3-7,12-13,15H,8-9H2,1-2H3,(H,21,22)/t12-,13+,15-/m1/s1. The molecule has 0 unspecified atom stereocenters. The second-order valence-corrected chi connectivity index (χ2v) is 8.32. The van der Waals surface area contributed by atoms with Crippen molar-refractivity contribution in [1.29, 1.82) is 0 Å². The van der Waals surface area contributed by atoms with Gasteiger partial charge in [0.2, 0.25) is 5.91 Å². The van der Waals surface area contributed by atoms with Crippen molar-refractivity contribution in [3.05, 3.63) is 30.3 Å². The molecule has 7 heteroatoms. The number of amides is 1. The van der Waals surface area contributed by atoms with Gasteiger partial charge in [0, 0.05) is 11.2 Å². The molecule has 0 spiro atoms. The molecular weight excluding hydrogens is 330 g/mol. The Balaban J connectivity index is 1.59. The van der Waals surface area contributed by atoms with Crippen LogP contribution in [0.5, 0.6) is 5.75 Å². The molecule has 0 radical (unpaired) electrons. The number of fused-ring (bicyclic) bond motifs is 1. The summed E-state index contributed by atoms with van der Waals surface area (Å²) in [6.45, 7) is 3.55. The van der Waals surface area contributed by atoms with Crippen molar-refractivity contribution in [2.24, 2.45) is 5.92 Å². The number of ketones is 1. The van der Waals surface area contributed by atoms with Crippen LogP contribution in [0, 0.1) is 5.92 Å². The van der Waals surface area contributed by atoms with Crippen molar-refractivity contribution in [3.63, 3.8) is 0 Å². The zero-order chi connectivity index (χ0) is 17.5. The summed E-state index contributed by atoms with van der Waals surface area (Å²) in [5.74, 6) is -1.26. The van der Waals surface area contributed by atoms with Gasteiger partial charge in [0.05, 0.1) is 11.3 Å². The first-order chi connectivity index (χ1) is 11.3. The minimum Gasteiger partial charge on any atom is -0.486 e. The van der Waals surface area contributed by atoms with Crippen LogP contribution in [-0.2, 0) is 14.4 Å². The molecule has 128 valence electrons. The fourth-order valence-corrected chi connectivity index (χ4v) is 4.95. The number of hydrogen-bond acceptors (Lipinski definition) is 5. The lowest BCUT2D eigenvalue weighted by atomic mass is 9.88. The van der Waals surface area contributed by atoms with E-state index in [4.69, 9.17) is 4.74 Å². The van der Waals surface area contributed by atoms with E-state index in [-0.39, 0.29) is 30.1 Å². The van der Waals surface area contributed by atoms with E-state index in [9.17, 15) is 19.5 Å². The highest BCUT2D eigenvalue weighted by Crippen LogP contribution is 2.54. The summed E-state index contributed by atoms with van der Waals surface area (Å²) in [5.41, 5.74) is 0. The molecule has 6 nitrogen and oxygen atoms in total. The number of para-hydroxylation sites is 1. The highest BCUT2D eigenvalue weighted by molar-refractivity contribution is 8.01. The van der Waals surface area contributed by atoms with Crippen LogP contribution in [0.1, 0.15) is 20.3 Å². The number of aliphatic carboxylic acids is 1. The Kier molecular flexibility index (Phi) is 4.29. The number of Topliss-reactive ketones (excluding diaryl/α,β-unsaturated/α-hetero) is 1. The van der Waals surface area contributed by atoms with Crippen LogP contribution in [0.4, 0.5) is 0 Å². The molecular formula is C17H19NO5S. The van der Waals surface area contributed by atoms with Gasteiger partial charge < -0.3 is 14.7 Å². The van der Waals surface area contributed by atoms with E-state index in [1.54, 1.807) is 12.1 Å². The first kappa shape index (κ1) is 16.8. The zero-order valence-electron chi connectivity index (χ0n) is 13.5. The number of carbonyl (C=O) groups is 3. The SMILES string of the molecule is CC1(C)S[C@@H]2[C@H](CC(=O)COc3ccccc3)C(=O)N2[C@H]1C(=O)O. The molecule has 2 heterocycles. The van der Waals surface area contributed by atoms with Crippen LogP contribution in [0.3, 0.4) is 0 Å². The fourth-order valence-electron chi connectivity index (χ4n) is 3.26. The normalized spacial score (nSPS) is 27.3. The third-order valence-corrected chi connectivity index (χ3v) is 6.00. The van der Waals surface area contributed by atoms with Crippen molar-refractivity contribution in [1.82, 2.24) is 4.90 Å². The molecule has 0 aliphatic carbocycles. The molecule has 3 rings (SSSR count). The Labute approximate surface area is 144 Å². The van der Waals surface area contributed by atoms with Crippen LogP contribution >= 0.6 is 11.8 Å². The molecule has 2 aliphatic rings. The molecule has 1 aromatic carbocycles. The van der Waals surface area contributed by atoms with Gasteiger partial charge in [0.1, 0.15) is 18.4 Å². The Morgan fingerprint density at radius 1 is 1.29 bits per heavy atom. The monoisotopic (exact) mass is 349 g/mol. The van der Waals surface area contributed by atoms with E-state index >= 15 is 0 Å². The van der Waals surface area contributed by atoms with Gasteiger partial charge in [-0.3, -0.25) is 9.59 Å². The van der Waals surface area contributed by atoms with E-state index in [2.05, 4.69) is 0 Å². The summed E-state index contributed by atoms with van der Waals surface area (Å²) in [7, 11) is 0. The summed E-state index contributed by atoms with van der Waals surface area (Å²) in [6.07, 6.45) is 0.0856. The first-order valence-electron chi connectivity index (χ1n) is 7.73. The smallest absolute Gasteiger partial charge is 0.327 e. The summed E-state index contributed by atoms with van der Waals surface area (Å²) < 4.78 is 4.84.